The number of hydrogen-bond acceptors (Lipinski definition) is 6. The monoisotopic (exact) mass is 318 g/mol. The summed E-state index contributed by atoms with van der Waals surface area (Å²) < 4.78 is 0. The van der Waals surface area contributed by atoms with Crippen molar-refractivity contribution >= 4 is 23.4 Å². The molecule has 118 valence electrons. The smallest absolute Gasteiger partial charge is 0.253 e. The van der Waals surface area contributed by atoms with Crippen molar-refractivity contribution in [2.45, 2.75) is 0 Å². The van der Waals surface area contributed by atoms with Gasteiger partial charge in [-0.15, -0.1) is 0 Å². The molecule has 0 aliphatic heterocycles. The first-order valence-corrected chi connectivity index (χ1v) is 7.04. The lowest BCUT2D eigenvalue weighted by Gasteiger charge is -2.01. The summed E-state index contributed by atoms with van der Waals surface area (Å²) in [5.41, 5.74) is 13.4. The Balaban J connectivity index is 1.87. The molecular weight excluding hydrogens is 304 g/mol. The lowest BCUT2D eigenvalue weighted by molar-refractivity contribution is 1.12. The molecule has 0 aliphatic rings. The summed E-state index contributed by atoms with van der Waals surface area (Å²) in [7, 11) is 0. The van der Waals surface area contributed by atoms with Gasteiger partial charge in [-0.1, -0.05) is 0 Å². The number of rotatable bonds is 4. The lowest BCUT2D eigenvalue weighted by atomic mass is 10.2. The van der Waals surface area contributed by atoms with E-state index in [0.717, 1.165) is 11.1 Å². The van der Waals surface area contributed by atoms with Crippen LogP contribution in [-0.4, -0.2) is 31.6 Å². The Morgan fingerprint density at radius 3 is 1.83 bits per heavy atom. The molecule has 0 spiro atoms. The Bertz CT molecular complexity index is 804. The van der Waals surface area contributed by atoms with Crippen LogP contribution in [0.4, 0.5) is 11.8 Å². The highest BCUT2D eigenvalue weighted by atomic mass is 15.1. The van der Waals surface area contributed by atoms with Gasteiger partial charge in [0.1, 0.15) is 11.7 Å². The third kappa shape index (κ3) is 3.74. The molecule has 0 fully saturated rings. The van der Waals surface area contributed by atoms with Crippen LogP contribution in [0.5, 0.6) is 0 Å². The summed E-state index contributed by atoms with van der Waals surface area (Å²) in [6.07, 6.45) is 8.10. The summed E-state index contributed by atoms with van der Waals surface area (Å²) in [5, 5.41) is 0. The van der Waals surface area contributed by atoms with Gasteiger partial charge < -0.3 is 11.5 Å². The molecule has 3 rings (SSSR count). The maximum atomic E-state index is 5.96. The number of nitrogens with two attached hydrogens (primary N) is 2. The standard InChI is InChI=1S/C16H14N8/c17-14(11-1-6-19-7-2-11)22-13-5-10-21-16(23-13)24-15(18)12-3-8-20-9-4-12/h1-10H,(H4,17,18,21,22,23,24). The molecule has 24 heavy (non-hydrogen) atoms. The first kappa shape index (κ1) is 15.2. The molecule has 0 radical (unpaired) electrons. The highest BCUT2D eigenvalue weighted by Crippen LogP contribution is 2.13. The SMILES string of the molecule is NC(=Nc1ccnc(/N=C(\N)c2ccncc2)n1)c1ccncc1. The van der Waals surface area contributed by atoms with Gasteiger partial charge in [0, 0.05) is 48.2 Å². The summed E-state index contributed by atoms with van der Waals surface area (Å²) >= 11 is 0. The Labute approximate surface area is 138 Å². The number of aromatic nitrogens is 4. The normalized spacial score (nSPS) is 12.2. The molecule has 0 aromatic carbocycles. The molecule has 0 saturated heterocycles. The maximum absolute atomic E-state index is 5.96. The van der Waals surface area contributed by atoms with Crippen LogP contribution in [-0.2, 0) is 0 Å². The predicted octanol–water partition coefficient (Wildman–Crippen LogP) is 1.34. The topological polar surface area (TPSA) is 128 Å². The summed E-state index contributed by atoms with van der Waals surface area (Å²) in [6, 6.07) is 8.67. The van der Waals surface area contributed by atoms with Gasteiger partial charge in [-0.3, -0.25) is 9.97 Å². The van der Waals surface area contributed by atoms with Crippen molar-refractivity contribution in [3.8, 4) is 0 Å². The summed E-state index contributed by atoms with van der Waals surface area (Å²) in [6.45, 7) is 0. The molecule has 0 unspecified atom stereocenters. The van der Waals surface area contributed by atoms with E-state index in [2.05, 4.69) is 29.9 Å². The Morgan fingerprint density at radius 2 is 1.25 bits per heavy atom. The third-order valence-electron chi connectivity index (χ3n) is 3.04. The number of pyridine rings is 2. The molecule has 0 bridgehead atoms. The molecule has 8 nitrogen and oxygen atoms in total. The van der Waals surface area contributed by atoms with E-state index in [1.54, 1.807) is 61.3 Å². The fourth-order valence-electron chi connectivity index (χ4n) is 1.86. The number of aliphatic imine (C=N–C) groups is 2. The van der Waals surface area contributed by atoms with Crippen LogP contribution in [0.15, 0.2) is 71.3 Å². The molecular formula is C16H14N8. The van der Waals surface area contributed by atoms with Gasteiger partial charge in [0.25, 0.3) is 5.95 Å². The van der Waals surface area contributed by atoms with E-state index in [9.17, 15) is 0 Å². The van der Waals surface area contributed by atoms with Crippen molar-refractivity contribution in [3.05, 3.63) is 72.4 Å². The van der Waals surface area contributed by atoms with Crippen molar-refractivity contribution < 1.29 is 0 Å². The van der Waals surface area contributed by atoms with Crippen molar-refractivity contribution in [2.24, 2.45) is 21.5 Å². The van der Waals surface area contributed by atoms with Crippen molar-refractivity contribution in [2.75, 3.05) is 0 Å². The largest absolute Gasteiger partial charge is 0.383 e. The zero-order valence-corrected chi connectivity index (χ0v) is 12.6. The molecule has 3 heterocycles. The van der Waals surface area contributed by atoms with Crippen LogP contribution < -0.4 is 11.5 Å². The molecule has 0 saturated carbocycles. The second-order valence-corrected chi connectivity index (χ2v) is 4.68. The van der Waals surface area contributed by atoms with Gasteiger partial charge in [-0.2, -0.15) is 9.98 Å². The second-order valence-electron chi connectivity index (χ2n) is 4.68. The maximum Gasteiger partial charge on any atom is 0.253 e. The van der Waals surface area contributed by atoms with Gasteiger partial charge in [-0.05, 0) is 24.3 Å². The van der Waals surface area contributed by atoms with E-state index in [1.807, 2.05) is 0 Å². The molecule has 0 amide bonds. The second kappa shape index (κ2) is 7.05. The van der Waals surface area contributed by atoms with Crippen LogP contribution in [0.1, 0.15) is 11.1 Å². The average molecular weight is 318 g/mol. The highest BCUT2D eigenvalue weighted by Gasteiger charge is 2.03. The number of amidine groups is 2. The van der Waals surface area contributed by atoms with E-state index in [-0.39, 0.29) is 5.95 Å². The van der Waals surface area contributed by atoms with E-state index >= 15 is 0 Å². The van der Waals surface area contributed by atoms with Crippen LogP contribution in [0.3, 0.4) is 0 Å². The van der Waals surface area contributed by atoms with Crippen molar-refractivity contribution in [1.82, 2.24) is 19.9 Å². The molecule has 3 aromatic heterocycles. The van der Waals surface area contributed by atoms with Gasteiger partial charge in [-0.25, -0.2) is 9.98 Å². The first-order valence-electron chi connectivity index (χ1n) is 7.04. The van der Waals surface area contributed by atoms with Gasteiger partial charge in [0.15, 0.2) is 5.82 Å². The van der Waals surface area contributed by atoms with Gasteiger partial charge in [0.2, 0.25) is 0 Å². The minimum absolute atomic E-state index is 0.202. The van der Waals surface area contributed by atoms with E-state index in [1.165, 1.54) is 0 Å². The Morgan fingerprint density at radius 1 is 0.708 bits per heavy atom. The Kier molecular flexibility index (Phi) is 4.47. The predicted molar refractivity (Wildman–Crippen MR) is 91.3 cm³/mol. The van der Waals surface area contributed by atoms with Gasteiger partial charge >= 0.3 is 0 Å². The van der Waals surface area contributed by atoms with Crippen LogP contribution >= 0.6 is 0 Å². The molecule has 0 atom stereocenters. The highest BCUT2D eigenvalue weighted by molar-refractivity contribution is 5.99. The number of nitrogens with zero attached hydrogens (tertiary/aromatic N) is 6. The Hall–Kier alpha value is -3.68. The van der Waals surface area contributed by atoms with E-state index in [0.29, 0.717) is 17.5 Å². The molecule has 3 aromatic rings. The summed E-state index contributed by atoms with van der Waals surface area (Å²) in [5.74, 6) is 1.21. The minimum atomic E-state index is 0.202. The van der Waals surface area contributed by atoms with Crippen LogP contribution in [0, 0.1) is 0 Å². The van der Waals surface area contributed by atoms with Crippen molar-refractivity contribution in [3.63, 3.8) is 0 Å². The van der Waals surface area contributed by atoms with E-state index < -0.39 is 0 Å². The molecule has 8 heteroatoms. The zero-order valence-electron chi connectivity index (χ0n) is 12.6. The fraction of sp³-hybridized carbons (Fsp3) is 0. The fourth-order valence-corrected chi connectivity index (χ4v) is 1.86. The average Bonchev–Trinajstić information content (AvgIpc) is 2.63. The lowest BCUT2D eigenvalue weighted by Crippen LogP contribution is -2.13. The molecule has 4 N–H and O–H groups in total. The number of hydrogen-bond donors (Lipinski definition) is 2. The van der Waals surface area contributed by atoms with Crippen molar-refractivity contribution in [1.29, 1.82) is 0 Å². The quantitative estimate of drug-likeness (QED) is 0.551. The van der Waals surface area contributed by atoms with Gasteiger partial charge in [0.05, 0.1) is 0 Å². The zero-order chi connectivity index (χ0) is 16.8. The summed E-state index contributed by atoms with van der Waals surface area (Å²) in [4.78, 5) is 24.6. The van der Waals surface area contributed by atoms with E-state index in [4.69, 9.17) is 11.5 Å². The minimum Gasteiger partial charge on any atom is -0.383 e. The van der Waals surface area contributed by atoms with Crippen LogP contribution in [0.2, 0.25) is 0 Å². The van der Waals surface area contributed by atoms with Crippen LogP contribution in [0.25, 0.3) is 0 Å². The molecule has 0 aliphatic carbocycles. The first-order chi connectivity index (χ1) is 11.7. The third-order valence-corrected chi connectivity index (χ3v) is 3.04.